The fourth-order valence-electron chi connectivity index (χ4n) is 1.49. The average molecular weight is 301 g/mol. The van der Waals surface area contributed by atoms with Gasteiger partial charge in [-0.2, -0.15) is 0 Å². The zero-order chi connectivity index (χ0) is 13.1. The highest BCUT2D eigenvalue weighted by Gasteiger charge is 2.13. The van der Waals surface area contributed by atoms with Gasteiger partial charge in [-0.25, -0.2) is 0 Å². The zero-order valence-electron chi connectivity index (χ0n) is 9.16. The highest BCUT2D eigenvalue weighted by atomic mass is 35.5. The van der Waals surface area contributed by atoms with Crippen LogP contribution in [0, 0.1) is 0 Å². The number of pyridine rings is 1. The van der Waals surface area contributed by atoms with Crippen LogP contribution in [0.2, 0.25) is 15.1 Å². The van der Waals surface area contributed by atoms with Crippen LogP contribution in [0.3, 0.4) is 0 Å². The number of Topliss-reactive ketones (excluding diaryl/α,β-unsaturated/α-hetero) is 1. The van der Waals surface area contributed by atoms with Crippen molar-refractivity contribution in [2.75, 3.05) is 0 Å². The lowest BCUT2D eigenvalue weighted by molar-refractivity contribution is 0.0988. The van der Waals surface area contributed by atoms with Gasteiger partial charge in [-0.05, 0) is 29.8 Å². The van der Waals surface area contributed by atoms with Crippen molar-refractivity contribution in [2.24, 2.45) is 0 Å². The van der Waals surface area contributed by atoms with Gasteiger partial charge in [0.25, 0.3) is 0 Å². The van der Waals surface area contributed by atoms with Crippen LogP contribution in [-0.4, -0.2) is 10.8 Å². The van der Waals surface area contributed by atoms with E-state index in [2.05, 4.69) is 4.98 Å². The van der Waals surface area contributed by atoms with Crippen molar-refractivity contribution in [1.29, 1.82) is 0 Å². The molecule has 0 fully saturated rings. The molecule has 18 heavy (non-hydrogen) atoms. The highest BCUT2D eigenvalue weighted by Crippen LogP contribution is 2.25. The van der Waals surface area contributed by atoms with Crippen molar-refractivity contribution < 1.29 is 4.79 Å². The Morgan fingerprint density at radius 2 is 1.72 bits per heavy atom. The Labute approximate surface area is 120 Å². The Hall–Kier alpha value is -1.09. The molecule has 0 saturated carbocycles. The molecule has 2 nitrogen and oxygen atoms in total. The number of benzene rings is 1. The molecule has 0 atom stereocenters. The smallest absolute Gasteiger partial charge is 0.185 e. The summed E-state index contributed by atoms with van der Waals surface area (Å²) < 4.78 is 0. The topological polar surface area (TPSA) is 30.0 Å². The standard InChI is InChI=1S/C13H8Cl3NO/c14-8-4-5-12(17-7-8)13(18)6-9-10(15)2-1-3-11(9)16/h1-5,7H,6H2. The van der Waals surface area contributed by atoms with Crippen LogP contribution in [0.15, 0.2) is 36.5 Å². The fraction of sp³-hybridized carbons (Fsp3) is 0.0769. The monoisotopic (exact) mass is 299 g/mol. The van der Waals surface area contributed by atoms with Crippen LogP contribution in [0.4, 0.5) is 0 Å². The zero-order valence-corrected chi connectivity index (χ0v) is 11.4. The number of aromatic nitrogens is 1. The van der Waals surface area contributed by atoms with Gasteiger partial charge in [0, 0.05) is 22.7 Å². The lowest BCUT2D eigenvalue weighted by atomic mass is 10.1. The van der Waals surface area contributed by atoms with E-state index in [1.807, 2.05) is 0 Å². The molecule has 2 rings (SSSR count). The molecular weight excluding hydrogens is 293 g/mol. The molecular formula is C13H8Cl3NO. The molecule has 1 aromatic carbocycles. The maximum atomic E-state index is 12.0. The minimum absolute atomic E-state index is 0.118. The van der Waals surface area contributed by atoms with Crippen molar-refractivity contribution >= 4 is 40.6 Å². The van der Waals surface area contributed by atoms with Crippen molar-refractivity contribution in [1.82, 2.24) is 4.98 Å². The number of carbonyl (C=O) groups excluding carboxylic acids is 1. The van der Waals surface area contributed by atoms with E-state index in [4.69, 9.17) is 34.8 Å². The first-order valence-corrected chi connectivity index (χ1v) is 6.29. The summed E-state index contributed by atoms with van der Waals surface area (Å²) in [7, 11) is 0. The van der Waals surface area contributed by atoms with Gasteiger partial charge in [0.2, 0.25) is 0 Å². The van der Waals surface area contributed by atoms with Crippen LogP contribution in [-0.2, 0) is 6.42 Å². The molecule has 0 radical (unpaired) electrons. The van der Waals surface area contributed by atoms with Crippen LogP contribution in [0.1, 0.15) is 16.1 Å². The molecule has 92 valence electrons. The summed E-state index contributed by atoms with van der Waals surface area (Å²) in [6.07, 6.45) is 1.55. The van der Waals surface area contributed by atoms with E-state index >= 15 is 0 Å². The average Bonchev–Trinajstić information content (AvgIpc) is 2.34. The van der Waals surface area contributed by atoms with Gasteiger partial charge in [0.1, 0.15) is 5.69 Å². The minimum Gasteiger partial charge on any atom is -0.292 e. The number of halogens is 3. The number of carbonyl (C=O) groups is 1. The first-order valence-electron chi connectivity index (χ1n) is 5.15. The highest BCUT2D eigenvalue weighted by molar-refractivity contribution is 6.36. The summed E-state index contributed by atoms with van der Waals surface area (Å²) in [4.78, 5) is 16.0. The summed E-state index contributed by atoms with van der Waals surface area (Å²) in [5.74, 6) is -0.151. The Morgan fingerprint density at radius 3 is 2.28 bits per heavy atom. The van der Waals surface area contributed by atoms with Crippen molar-refractivity contribution in [3.63, 3.8) is 0 Å². The molecule has 0 spiro atoms. The molecule has 0 aliphatic rings. The van der Waals surface area contributed by atoms with Crippen molar-refractivity contribution in [3.8, 4) is 0 Å². The predicted octanol–water partition coefficient (Wildman–Crippen LogP) is 4.47. The van der Waals surface area contributed by atoms with Gasteiger partial charge in [-0.3, -0.25) is 9.78 Å². The third-order valence-electron chi connectivity index (χ3n) is 2.41. The van der Waals surface area contributed by atoms with Gasteiger partial charge >= 0.3 is 0 Å². The van der Waals surface area contributed by atoms with Gasteiger partial charge in [0.05, 0.1) is 5.02 Å². The second kappa shape index (κ2) is 5.70. The molecule has 0 amide bonds. The summed E-state index contributed by atoms with van der Waals surface area (Å²) in [5, 5.41) is 1.44. The molecule has 0 unspecified atom stereocenters. The van der Waals surface area contributed by atoms with Gasteiger partial charge in [-0.1, -0.05) is 40.9 Å². The summed E-state index contributed by atoms with van der Waals surface area (Å²) in [6.45, 7) is 0. The van der Waals surface area contributed by atoms with Crippen LogP contribution in [0.25, 0.3) is 0 Å². The molecule has 1 heterocycles. The van der Waals surface area contributed by atoms with Gasteiger partial charge in [0.15, 0.2) is 5.78 Å². The van der Waals surface area contributed by atoms with Gasteiger partial charge < -0.3 is 0 Å². The number of nitrogens with zero attached hydrogens (tertiary/aromatic N) is 1. The van der Waals surface area contributed by atoms with Gasteiger partial charge in [-0.15, -0.1) is 0 Å². The van der Waals surface area contributed by atoms with Crippen LogP contribution in [0.5, 0.6) is 0 Å². The Kier molecular flexibility index (Phi) is 4.23. The largest absolute Gasteiger partial charge is 0.292 e. The third-order valence-corrected chi connectivity index (χ3v) is 3.34. The summed E-state index contributed by atoms with van der Waals surface area (Å²) in [6, 6.07) is 8.33. The minimum atomic E-state index is -0.151. The first kappa shape index (κ1) is 13.3. The Balaban J connectivity index is 2.24. The second-order valence-corrected chi connectivity index (χ2v) is 4.91. The number of ketones is 1. The first-order chi connectivity index (χ1) is 8.58. The SMILES string of the molecule is O=C(Cc1c(Cl)cccc1Cl)c1ccc(Cl)cn1. The quantitative estimate of drug-likeness (QED) is 0.783. The Bertz CT molecular complexity index is 561. The Morgan fingerprint density at radius 1 is 1.06 bits per heavy atom. The molecule has 0 saturated heterocycles. The second-order valence-electron chi connectivity index (χ2n) is 3.66. The molecule has 0 bridgehead atoms. The van der Waals surface area contributed by atoms with Crippen LogP contribution < -0.4 is 0 Å². The maximum absolute atomic E-state index is 12.0. The molecule has 1 aromatic heterocycles. The lowest BCUT2D eigenvalue weighted by Crippen LogP contribution is -2.06. The number of hydrogen-bond donors (Lipinski definition) is 0. The molecule has 0 N–H and O–H groups in total. The van der Waals surface area contributed by atoms with E-state index in [9.17, 15) is 4.79 Å². The van der Waals surface area contributed by atoms with Crippen molar-refractivity contribution in [3.05, 3.63) is 62.9 Å². The molecule has 0 aliphatic carbocycles. The van der Waals surface area contributed by atoms with E-state index < -0.39 is 0 Å². The molecule has 2 aromatic rings. The van der Waals surface area contributed by atoms with E-state index in [1.165, 1.54) is 6.20 Å². The maximum Gasteiger partial charge on any atom is 0.185 e. The van der Waals surface area contributed by atoms with Crippen LogP contribution >= 0.6 is 34.8 Å². The fourth-order valence-corrected chi connectivity index (χ4v) is 2.14. The van der Waals surface area contributed by atoms with E-state index in [0.29, 0.717) is 26.3 Å². The van der Waals surface area contributed by atoms with E-state index in [1.54, 1.807) is 30.3 Å². The molecule has 5 heteroatoms. The summed E-state index contributed by atoms with van der Waals surface area (Å²) in [5.41, 5.74) is 0.956. The predicted molar refractivity (Wildman–Crippen MR) is 73.7 cm³/mol. The normalized spacial score (nSPS) is 10.4. The van der Waals surface area contributed by atoms with E-state index in [0.717, 1.165) is 0 Å². The van der Waals surface area contributed by atoms with E-state index in [-0.39, 0.29) is 12.2 Å². The number of hydrogen-bond acceptors (Lipinski definition) is 2. The third kappa shape index (κ3) is 3.02. The molecule has 0 aliphatic heterocycles. The number of rotatable bonds is 3. The summed E-state index contributed by atoms with van der Waals surface area (Å²) >= 11 is 17.7. The lowest BCUT2D eigenvalue weighted by Gasteiger charge is -2.05. The van der Waals surface area contributed by atoms with Crippen molar-refractivity contribution in [2.45, 2.75) is 6.42 Å².